The summed E-state index contributed by atoms with van der Waals surface area (Å²) < 4.78 is 5.54. The summed E-state index contributed by atoms with van der Waals surface area (Å²) in [7, 11) is 2.13. The molecule has 3 rings (SSSR count). The SMILES string of the molecule is CN1C[C@@H]2CN(C(=O)OC(C)(C)C)CCc3cccc1c32. The Balaban J connectivity index is 1.83. The third kappa shape index (κ3) is 2.71. The highest BCUT2D eigenvalue weighted by atomic mass is 16.6. The lowest BCUT2D eigenvalue weighted by Gasteiger charge is -2.28. The summed E-state index contributed by atoms with van der Waals surface area (Å²) in [6.45, 7) is 8.22. The smallest absolute Gasteiger partial charge is 0.410 e. The first kappa shape index (κ1) is 14.2. The van der Waals surface area contributed by atoms with Crippen LogP contribution in [0.3, 0.4) is 0 Å². The second-order valence-electron chi connectivity index (χ2n) is 7.10. The molecule has 0 N–H and O–H groups in total. The minimum atomic E-state index is -0.437. The van der Waals surface area contributed by atoms with E-state index in [-0.39, 0.29) is 6.09 Å². The van der Waals surface area contributed by atoms with Gasteiger partial charge in [0.15, 0.2) is 0 Å². The van der Waals surface area contributed by atoms with Gasteiger partial charge in [-0.1, -0.05) is 12.1 Å². The third-order valence-electron chi connectivity index (χ3n) is 4.23. The number of rotatable bonds is 0. The molecular weight excluding hydrogens is 264 g/mol. The van der Waals surface area contributed by atoms with E-state index in [1.54, 1.807) is 0 Å². The van der Waals surface area contributed by atoms with Gasteiger partial charge in [0.1, 0.15) is 5.60 Å². The molecular formula is C17H24N2O2. The quantitative estimate of drug-likeness (QED) is 0.735. The number of ether oxygens (including phenoxy) is 1. The molecule has 0 bridgehead atoms. The van der Waals surface area contributed by atoms with Crippen LogP contribution in [-0.4, -0.2) is 43.3 Å². The molecule has 0 unspecified atom stereocenters. The van der Waals surface area contributed by atoms with Crippen molar-refractivity contribution in [3.8, 4) is 0 Å². The van der Waals surface area contributed by atoms with E-state index in [2.05, 4.69) is 30.1 Å². The summed E-state index contributed by atoms with van der Waals surface area (Å²) >= 11 is 0. The van der Waals surface area contributed by atoms with E-state index >= 15 is 0 Å². The second kappa shape index (κ2) is 4.93. The molecule has 1 amide bonds. The Bertz CT molecular complexity index is 562. The molecule has 0 fully saturated rings. The van der Waals surface area contributed by atoms with Crippen LogP contribution in [-0.2, 0) is 11.2 Å². The zero-order valence-electron chi connectivity index (χ0n) is 13.3. The highest BCUT2D eigenvalue weighted by Crippen LogP contribution is 2.40. The van der Waals surface area contributed by atoms with Crippen molar-refractivity contribution in [1.82, 2.24) is 4.90 Å². The van der Waals surface area contributed by atoms with E-state index in [9.17, 15) is 4.79 Å². The van der Waals surface area contributed by atoms with Crippen molar-refractivity contribution in [3.05, 3.63) is 29.3 Å². The van der Waals surface area contributed by atoms with Gasteiger partial charge in [-0.25, -0.2) is 4.79 Å². The summed E-state index contributed by atoms with van der Waals surface area (Å²) in [6.07, 6.45) is 0.721. The Morgan fingerprint density at radius 3 is 2.76 bits per heavy atom. The summed E-state index contributed by atoms with van der Waals surface area (Å²) in [5, 5.41) is 0. The Morgan fingerprint density at radius 1 is 1.29 bits per heavy atom. The molecule has 1 atom stereocenters. The zero-order chi connectivity index (χ0) is 15.2. The molecule has 0 radical (unpaired) electrons. The fourth-order valence-corrected chi connectivity index (χ4v) is 3.40. The molecule has 1 aromatic rings. The van der Waals surface area contributed by atoms with Crippen LogP contribution in [0.15, 0.2) is 18.2 Å². The Labute approximate surface area is 126 Å². The third-order valence-corrected chi connectivity index (χ3v) is 4.23. The van der Waals surface area contributed by atoms with Gasteiger partial charge < -0.3 is 14.5 Å². The fourth-order valence-electron chi connectivity index (χ4n) is 3.40. The topological polar surface area (TPSA) is 32.8 Å². The van der Waals surface area contributed by atoms with Gasteiger partial charge in [0, 0.05) is 38.3 Å². The maximum Gasteiger partial charge on any atom is 0.410 e. The van der Waals surface area contributed by atoms with Crippen LogP contribution < -0.4 is 4.90 Å². The number of anilines is 1. The number of likely N-dealkylation sites (N-methyl/N-ethyl adjacent to an activating group) is 1. The van der Waals surface area contributed by atoms with Gasteiger partial charge in [0.2, 0.25) is 0 Å². The lowest BCUT2D eigenvalue weighted by atomic mass is 9.96. The Hall–Kier alpha value is -1.71. The van der Waals surface area contributed by atoms with Gasteiger partial charge in [-0.3, -0.25) is 0 Å². The maximum atomic E-state index is 12.4. The molecule has 1 aromatic carbocycles. The molecule has 0 saturated carbocycles. The predicted molar refractivity (Wildman–Crippen MR) is 84.0 cm³/mol. The number of hydrogen-bond donors (Lipinski definition) is 0. The highest BCUT2D eigenvalue weighted by Gasteiger charge is 2.34. The molecule has 114 valence electrons. The molecule has 4 heteroatoms. The van der Waals surface area contributed by atoms with Gasteiger partial charge in [-0.15, -0.1) is 0 Å². The molecule has 4 nitrogen and oxygen atoms in total. The van der Waals surface area contributed by atoms with Gasteiger partial charge >= 0.3 is 6.09 Å². The Morgan fingerprint density at radius 2 is 2.05 bits per heavy atom. The largest absolute Gasteiger partial charge is 0.444 e. The van der Waals surface area contributed by atoms with Crippen molar-refractivity contribution in [3.63, 3.8) is 0 Å². The maximum absolute atomic E-state index is 12.4. The first-order chi connectivity index (χ1) is 9.85. The van der Waals surface area contributed by atoms with E-state index in [1.165, 1.54) is 16.8 Å². The van der Waals surface area contributed by atoms with E-state index in [0.29, 0.717) is 5.92 Å². The van der Waals surface area contributed by atoms with Crippen molar-refractivity contribution >= 4 is 11.8 Å². The number of carbonyl (C=O) groups excluding carboxylic acids is 1. The summed E-state index contributed by atoms with van der Waals surface area (Å²) in [5.74, 6) is 0.399. The standard InChI is InChI=1S/C17H24N2O2/c1-17(2,3)21-16(20)19-9-8-12-6-5-7-14-15(12)13(11-19)10-18(14)4/h5-7,13H,8-11H2,1-4H3/t13-/m1/s1. The summed E-state index contributed by atoms with van der Waals surface area (Å²) in [6, 6.07) is 6.50. The molecule has 2 aliphatic heterocycles. The van der Waals surface area contributed by atoms with Crippen molar-refractivity contribution in [1.29, 1.82) is 0 Å². The number of carbonyl (C=O) groups is 1. The van der Waals surface area contributed by atoms with E-state index in [4.69, 9.17) is 4.74 Å². The van der Waals surface area contributed by atoms with Crippen LogP contribution in [0.1, 0.15) is 37.8 Å². The second-order valence-corrected chi connectivity index (χ2v) is 7.10. The normalized spacial score (nSPS) is 21.0. The summed E-state index contributed by atoms with van der Waals surface area (Å²) in [5.41, 5.74) is 3.70. The highest BCUT2D eigenvalue weighted by molar-refractivity contribution is 5.70. The first-order valence-corrected chi connectivity index (χ1v) is 7.66. The van der Waals surface area contributed by atoms with Crippen LogP contribution in [0.25, 0.3) is 0 Å². The van der Waals surface area contributed by atoms with Crippen LogP contribution in [0.4, 0.5) is 10.5 Å². The monoisotopic (exact) mass is 288 g/mol. The number of amides is 1. The van der Waals surface area contributed by atoms with Gasteiger partial charge in [-0.2, -0.15) is 0 Å². The lowest BCUT2D eigenvalue weighted by Crippen LogP contribution is -2.39. The fraction of sp³-hybridized carbons (Fsp3) is 0.588. The zero-order valence-corrected chi connectivity index (χ0v) is 13.3. The van der Waals surface area contributed by atoms with Gasteiger partial charge in [0.25, 0.3) is 0 Å². The van der Waals surface area contributed by atoms with Crippen molar-refractivity contribution in [2.75, 3.05) is 31.6 Å². The van der Waals surface area contributed by atoms with Crippen LogP contribution in [0.2, 0.25) is 0 Å². The lowest BCUT2D eigenvalue weighted by molar-refractivity contribution is 0.0248. The molecule has 0 aliphatic carbocycles. The minimum Gasteiger partial charge on any atom is -0.444 e. The molecule has 0 spiro atoms. The number of nitrogens with zero attached hydrogens (tertiary/aromatic N) is 2. The van der Waals surface area contributed by atoms with Crippen molar-refractivity contribution in [2.45, 2.75) is 38.7 Å². The van der Waals surface area contributed by atoms with E-state index < -0.39 is 5.60 Å². The van der Waals surface area contributed by atoms with Crippen molar-refractivity contribution in [2.24, 2.45) is 0 Å². The van der Waals surface area contributed by atoms with E-state index in [0.717, 1.165) is 26.1 Å². The molecule has 0 aromatic heterocycles. The van der Waals surface area contributed by atoms with Crippen molar-refractivity contribution < 1.29 is 9.53 Å². The first-order valence-electron chi connectivity index (χ1n) is 7.66. The molecule has 21 heavy (non-hydrogen) atoms. The van der Waals surface area contributed by atoms with Crippen LogP contribution in [0, 0.1) is 0 Å². The summed E-state index contributed by atoms with van der Waals surface area (Å²) in [4.78, 5) is 16.5. The molecule has 0 saturated heterocycles. The van der Waals surface area contributed by atoms with E-state index in [1.807, 2.05) is 25.7 Å². The average Bonchev–Trinajstić information content (AvgIpc) is 2.59. The minimum absolute atomic E-state index is 0.189. The predicted octanol–water partition coefficient (Wildman–Crippen LogP) is 3.01. The Kier molecular flexibility index (Phi) is 3.34. The van der Waals surface area contributed by atoms with Crippen LogP contribution in [0.5, 0.6) is 0 Å². The van der Waals surface area contributed by atoms with Gasteiger partial charge in [-0.05, 0) is 44.4 Å². The average molecular weight is 288 g/mol. The molecule has 2 aliphatic rings. The van der Waals surface area contributed by atoms with Crippen LogP contribution >= 0.6 is 0 Å². The number of hydrogen-bond acceptors (Lipinski definition) is 3. The van der Waals surface area contributed by atoms with Gasteiger partial charge in [0.05, 0.1) is 0 Å². The number of benzene rings is 1. The molecule has 2 heterocycles.